The summed E-state index contributed by atoms with van der Waals surface area (Å²) in [6.45, 7) is 2.00. The van der Waals surface area contributed by atoms with Gasteiger partial charge in [-0.3, -0.25) is 14.5 Å². The molecular formula is C21H18N2O2. The van der Waals surface area contributed by atoms with Crippen LogP contribution in [0.15, 0.2) is 48.5 Å². The van der Waals surface area contributed by atoms with Crippen LogP contribution in [0.4, 0.5) is 5.69 Å². The molecule has 0 bridgehead atoms. The minimum Gasteiger partial charge on any atom is -0.358 e. The molecule has 5 rings (SSSR count). The van der Waals surface area contributed by atoms with E-state index in [0.29, 0.717) is 18.4 Å². The molecule has 0 saturated carbocycles. The fourth-order valence-corrected chi connectivity index (χ4v) is 4.73. The lowest BCUT2D eigenvalue weighted by Gasteiger charge is -2.41. The minimum atomic E-state index is -0.914. The van der Waals surface area contributed by atoms with E-state index in [4.69, 9.17) is 0 Å². The molecule has 1 amide bonds. The molecule has 1 atom stereocenters. The molecule has 0 aliphatic carbocycles. The summed E-state index contributed by atoms with van der Waals surface area (Å²) in [7, 11) is 0. The molecule has 4 heteroatoms. The summed E-state index contributed by atoms with van der Waals surface area (Å²) in [5, 5.41) is 1.03. The number of anilines is 1. The zero-order valence-corrected chi connectivity index (χ0v) is 14.0. The van der Waals surface area contributed by atoms with Crippen molar-refractivity contribution in [2.24, 2.45) is 0 Å². The SMILES string of the molecule is Cc1[nH]c2ccccc2c1C12CCCC(=O)N1c1ccccc1C2=O. The molecule has 3 aromatic rings. The van der Waals surface area contributed by atoms with Crippen molar-refractivity contribution >= 4 is 28.3 Å². The summed E-state index contributed by atoms with van der Waals surface area (Å²) in [5.41, 5.74) is 3.41. The van der Waals surface area contributed by atoms with Gasteiger partial charge in [-0.05, 0) is 38.0 Å². The highest BCUT2D eigenvalue weighted by Gasteiger charge is 2.57. The molecule has 1 saturated heterocycles. The first-order chi connectivity index (χ1) is 12.1. The summed E-state index contributed by atoms with van der Waals surface area (Å²) >= 11 is 0. The topological polar surface area (TPSA) is 53.2 Å². The number of piperidine rings is 1. The number of aromatic nitrogens is 1. The van der Waals surface area contributed by atoms with Crippen molar-refractivity contribution in [2.45, 2.75) is 31.7 Å². The van der Waals surface area contributed by atoms with Gasteiger partial charge in [0.05, 0.1) is 5.69 Å². The highest BCUT2D eigenvalue weighted by Crippen LogP contribution is 2.52. The average Bonchev–Trinajstić information content (AvgIpc) is 3.09. The fourth-order valence-electron chi connectivity index (χ4n) is 4.73. The third-order valence-electron chi connectivity index (χ3n) is 5.63. The number of Topliss-reactive ketones (excluding diaryl/α,β-unsaturated/α-hetero) is 1. The number of benzene rings is 2. The molecule has 2 aliphatic rings. The van der Waals surface area contributed by atoms with Gasteiger partial charge in [0.25, 0.3) is 0 Å². The van der Waals surface area contributed by atoms with Crippen LogP contribution in [0.2, 0.25) is 0 Å². The highest BCUT2D eigenvalue weighted by molar-refractivity contribution is 6.22. The van der Waals surface area contributed by atoms with Crippen molar-refractivity contribution in [3.8, 4) is 0 Å². The number of para-hydroxylation sites is 2. The lowest BCUT2D eigenvalue weighted by Crippen LogP contribution is -2.53. The Bertz CT molecular complexity index is 1050. The first-order valence-corrected chi connectivity index (χ1v) is 8.69. The van der Waals surface area contributed by atoms with Crippen LogP contribution >= 0.6 is 0 Å². The lowest BCUT2D eigenvalue weighted by molar-refractivity contribution is -0.121. The Balaban J connectivity index is 1.88. The number of aryl methyl sites for hydroxylation is 1. The van der Waals surface area contributed by atoms with E-state index in [1.165, 1.54) is 0 Å². The zero-order valence-electron chi connectivity index (χ0n) is 14.0. The summed E-state index contributed by atoms with van der Waals surface area (Å²) < 4.78 is 0. The molecule has 0 radical (unpaired) electrons. The first kappa shape index (κ1) is 14.5. The number of fused-ring (bicyclic) bond motifs is 4. The molecule has 4 nitrogen and oxygen atoms in total. The van der Waals surface area contributed by atoms with Crippen LogP contribution in [0.3, 0.4) is 0 Å². The fraction of sp³-hybridized carbons (Fsp3) is 0.238. The largest absolute Gasteiger partial charge is 0.358 e. The smallest absolute Gasteiger partial charge is 0.228 e. The molecule has 1 aromatic heterocycles. The molecule has 1 N–H and O–H groups in total. The molecule has 2 aliphatic heterocycles. The summed E-state index contributed by atoms with van der Waals surface area (Å²) in [6.07, 6.45) is 1.88. The van der Waals surface area contributed by atoms with Gasteiger partial charge in [-0.2, -0.15) is 0 Å². The van der Waals surface area contributed by atoms with Gasteiger partial charge in [0.15, 0.2) is 5.78 Å². The Morgan fingerprint density at radius 1 is 1.04 bits per heavy atom. The number of hydrogen-bond donors (Lipinski definition) is 1. The third kappa shape index (κ3) is 1.66. The second kappa shape index (κ2) is 4.82. The molecule has 0 spiro atoms. The molecule has 1 fully saturated rings. The number of nitrogens with zero attached hydrogens (tertiary/aromatic N) is 1. The van der Waals surface area contributed by atoms with Gasteiger partial charge < -0.3 is 4.98 Å². The number of ketones is 1. The van der Waals surface area contributed by atoms with Crippen molar-refractivity contribution in [2.75, 3.05) is 4.90 Å². The van der Waals surface area contributed by atoms with Crippen molar-refractivity contribution in [1.82, 2.24) is 4.98 Å². The van der Waals surface area contributed by atoms with E-state index >= 15 is 0 Å². The van der Waals surface area contributed by atoms with Crippen molar-refractivity contribution < 1.29 is 9.59 Å². The number of rotatable bonds is 1. The molecule has 1 unspecified atom stereocenters. The first-order valence-electron chi connectivity index (χ1n) is 8.69. The minimum absolute atomic E-state index is 0.0363. The van der Waals surface area contributed by atoms with Gasteiger partial charge in [-0.1, -0.05) is 30.3 Å². The quantitative estimate of drug-likeness (QED) is 0.731. The number of carbonyl (C=O) groups excluding carboxylic acids is 2. The number of aromatic amines is 1. The standard InChI is InChI=1S/C21H18N2O2/c1-13-19(14-7-2-4-9-16(14)22-13)21-12-6-11-18(24)23(21)17-10-5-3-8-15(17)20(21)25/h2-5,7-10,22H,6,11-12H2,1H3. The number of carbonyl (C=O) groups is 2. The van der Waals surface area contributed by atoms with Gasteiger partial charge in [-0.25, -0.2) is 0 Å². The predicted octanol–water partition coefficient (Wildman–Crippen LogP) is 4.09. The van der Waals surface area contributed by atoms with Crippen LogP contribution in [0, 0.1) is 6.92 Å². The molecule has 124 valence electrons. The van der Waals surface area contributed by atoms with E-state index in [1.54, 1.807) is 4.90 Å². The van der Waals surface area contributed by atoms with Crippen LogP contribution in [0.25, 0.3) is 10.9 Å². The van der Waals surface area contributed by atoms with E-state index in [9.17, 15) is 9.59 Å². The number of nitrogens with one attached hydrogen (secondary N) is 1. The molecule has 2 aromatic carbocycles. The maximum absolute atomic E-state index is 13.6. The third-order valence-corrected chi connectivity index (χ3v) is 5.63. The van der Waals surface area contributed by atoms with Crippen LogP contribution in [-0.2, 0) is 10.3 Å². The van der Waals surface area contributed by atoms with E-state index in [-0.39, 0.29) is 11.7 Å². The van der Waals surface area contributed by atoms with E-state index in [0.717, 1.165) is 34.3 Å². The Hall–Kier alpha value is -2.88. The zero-order chi connectivity index (χ0) is 17.2. The summed E-state index contributed by atoms with van der Waals surface area (Å²) in [6, 6.07) is 15.5. The van der Waals surface area contributed by atoms with Gasteiger partial charge in [-0.15, -0.1) is 0 Å². The van der Waals surface area contributed by atoms with Crippen molar-refractivity contribution in [1.29, 1.82) is 0 Å². The monoisotopic (exact) mass is 330 g/mol. The highest BCUT2D eigenvalue weighted by atomic mass is 16.2. The van der Waals surface area contributed by atoms with Crippen LogP contribution in [-0.4, -0.2) is 16.7 Å². The summed E-state index contributed by atoms with van der Waals surface area (Å²) in [5.74, 6) is 0.0817. The Morgan fingerprint density at radius 3 is 2.68 bits per heavy atom. The number of H-pyrrole nitrogens is 1. The van der Waals surface area contributed by atoms with Gasteiger partial charge in [0.2, 0.25) is 5.91 Å². The number of amides is 1. The lowest BCUT2D eigenvalue weighted by atomic mass is 9.77. The van der Waals surface area contributed by atoms with Gasteiger partial charge in [0.1, 0.15) is 5.54 Å². The van der Waals surface area contributed by atoms with Crippen molar-refractivity contribution in [3.05, 3.63) is 65.4 Å². The van der Waals surface area contributed by atoms with Gasteiger partial charge >= 0.3 is 0 Å². The maximum Gasteiger partial charge on any atom is 0.228 e. The summed E-state index contributed by atoms with van der Waals surface area (Å²) in [4.78, 5) is 31.7. The van der Waals surface area contributed by atoms with Crippen LogP contribution < -0.4 is 4.90 Å². The molecule has 25 heavy (non-hydrogen) atoms. The Labute approximate surface area is 145 Å². The number of hydrogen-bond acceptors (Lipinski definition) is 2. The van der Waals surface area contributed by atoms with Crippen LogP contribution in [0.1, 0.15) is 40.9 Å². The van der Waals surface area contributed by atoms with E-state index < -0.39 is 5.54 Å². The Morgan fingerprint density at radius 2 is 1.80 bits per heavy atom. The van der Waals surface area contributed by atoms with Gasteiger partial charge in [0, 0.05) is 34.1 Å². The second-order valence-corrected chi connectivity index (χ2v) is 6.96. The molecular weight excluding hydrogens is 312 g/mol. The van der Waals surface area contributed by atoms with Crippen LogP contribution in [0.5, 0.6) is 0 Å². The van der Waals surface area contributed by atoms with E-state index in [2.05, 4.69) is 4.98 Å². The second-order valence-electron chi connectivity index (χ2n) is 6.96. The average molecular weight is 330 g/mol. The van der Waals surface area contributed by atoms with Crippen molar-refractivity contribution in [3.63, 3.8) is 0 Å². The maximum atomic E-state index is 13.6. The predicted molar refractivity (Wildman–Crippen MR) is 96.8 cm³/mol. The van der Waals surface area contributed by atoms with E-state index in [1.807, 2.05) is 55.5 Å². The normalized spacial score (nSPS) is 22.4. The molecule has 3 heterocycles. The Kier molecular flexibility index (Phi) is 2.79.